The van der Waals surface area contributed by atoms with E-state index < -0.39 is 0 Å². The van der Waals surface area contributed by atoms with Crippen LogP contribution in [-0.2, 0) is 7.05 Å². The van der Waals surface area contributed by atoms with Gasteiger partial charge in [-0.3, -0.25) is 0 Å². The maximum Gasteiger partial charge on any atom is 0.223 e. The molecule has 2 heterocycles. The first-order valence-electron chi connectivity index (χ1n) is 4.31. The Morgan fingerprint density at radius 2 is 2.31 bits per heavy atom. The van der Waals surface area contributed by atoms with Crippen LogP contribution in [0.3, 0.4) is 0 Å². The molecular weight excluding hydrogens is 294 g/mol. The lowest BCUT2D eigenvalue weighted by atomic mass is 10.7. The molecule has 0 unspecified atom stereocenters. The lowest BCUT2D eigenvalue weighted by Crippen LogP contribution is -1.98. The predicted octanol–water partition coefficient (Wildman–Crippen LogP) is 0.955. The van der Waals surface area contributed by atoms with Gasteiger partial charge in [-0.15, -0.1) is 5.10 Å². The van der Waals surface area contributed by atoms with Crippen molar-refractivity contribution in [3.63, 3.8) is 0 Å². The van der Waals surface area contributed by atoms with E-state index in [0.717, 1.165) is 9.50 Å². The molecule has 0 fully saturated rings. The molecule has 0 aliphatic carbocycles. The molecule has 0 aromatic carbocycles. The van der Waals surface area contributed by atoms with E-state index >= 15 is 0 Å². The summed E-state index contributed by atoms with van der Waals surface area (Å²) in [5.41, 5.74) is 0. The van der Waals surface area contributed by atoms with Gasteiger partial charge in [-0.25, -0.2) is 14.6 Å². The van der Waals surface area contributed by atoms with Gasteiger partial charge in [-0.2, -0.15) is 0 Å². The highest BCUT2D eigenvalue weighted by Crippen LogP contribution is 2.29. The second-order valence-corrected chi connectivity index (χ2v) is 4.59. The van der Waals surface area contributed by atoms with Gasteiger partial charge in [0.05, 0.1) is 4.47 Å². The first-order chi connectivity index (χ1) is 7.70. The molecule has 1 N–H and O–H groups in total. The molecule has 0 atom stereocenters. The highest BCUT2D eigenvalue weighted by molar-refractivity contribution is 9.10. The van der Waals surface area contributed by atoms with Crippen LogP contribution in [-0.4, -0.2) is 37.2 Å². The Balaban J connectivity index is 2.30. The molecule has 7 nitrogen and oxygen atoms in total. The number of aryl methyl sites for hydroxylation is 1. The summed E-state index contributed by atoms with van der Waals surface area (Å²) in [7, 11) is 3.54. The zero-order valence-corrected chi connectivity index (χ0v) is 10.9. The lowest BCUT2D eigenvalue weighted by molar-refractivity contribution is 0.664. The average molecular weight is 302 g/mol. The van der Waals surface area contributed by atoms with Crippen molar-refractivity contribution in [1.29, 1.82) is 0 Å². The smallest absolute Gasteiger partial charge is 0.223 e. The summed E-state index contributed by atoms with van der Waals surface area (Å²) in [6, 6.07) is 0. The van der Waals surface area contributed by atoms with Gasteiger partial charge in [0.2, 0.25) is 11.1 Å². The minimum atomic E-state index is 0.556. The number of tetrazole rings is 1. The number of anilines is 1. The van der Waals surface area contributed by atoms with Crippen molar-refractivity contribution in [2.24, 2.45) is 7.05 Å². The van der Waals surface area contributed by atoms with Crippen molar-refractivity contribution in [1.82, 2.24) is 30.2 Å². The summed E-state index contributed by atoms with van der Waals surface area (Å²) in [6.07, 6.45) is 1.69. The third-order valence-corrected chi connectivity index (χ3v) is 3.58. The molecule has 2 aromatic heterocycles. The summed E-state index contributed by atoms with van der Waals surface area (Å²) in [5, 5.41) is 15.5. The Morgan fingerprint density at radius 1 is 1.50 bits per heavy atom. The lowest BCUT2D eigenvalue weighted by Gasteiger charge is -2.03. The van der Waals surface area contributed by atoms with E-state index in [4.69, 9.17) is 0 Å². The Kier molecular flexibility index (Phi) is 3.34. The number of hydrogen-bond acceptors (Lipinski definition) is 7. The van der Waals surface area contributed by atoms with Crippen molar-refractivity contribution < 1.29 is 0 Å². The van der Waals surface area contributed by atoms with Crippen LogP contribution in [0.25, 0.3) is 0 Å². The van der Waals surface area contributed by atoms with Crippen LogP contribution in [0.2, 0.25) is 0 Å². The fourth-order valence-electron chi connectivity index (χ4n) is 0.938. The molecule has 0 amide bonds. The standard InChI is InChI=1S/C7H8BrN7S/c1-9-6-10-3-4(8)5(11-6)16-7-12-13-14-15(7)2/h3H,1-2H3,(H,9,10,11). The minimum Gasteiger partial charge on any atom is -0.357 e. The highest BCUT2D eigenvalue weighted by Gasteiger charge is 2.10. The predicted molar refractivity (Wildman–Crippen MR) is 62.2 cm³/mol. The number of rotatable bonds is 3. The van der Waals surface area contributed by atoms with E-state index in [1.54, 1.807) is 25.0 Å². The van der Waals surface area contributed by atoms with Gasteiger partial charge in [0.15, 0.2) is 0 Å². The quantitative estimate of drug-likeness (QED) is 0.845. The third kappa shape index (κ3) is 2.30. The molecular formula is C7H8BrN7S. The van der Waals surface area contributed by atoms with Crippen LogP contribution in [0.4, 0.5) is 5.95 Å². The summed E-state index contributed by atoms with van der Waals surface area (Å²) < 4.78 is 2.39. The van der Waals surface area contributed by atoms with Crippen LogP contribution in [0, 0.1) is 0 Å². The summed E-state index contributed by atoms with van der Waals surface area (Å²) >= 11 is 4.74. The number of halogens is 1. The SMILES string of the molecule is CNc1ncc(Br)c(Sc2nnnn2C)n1. The number of aromatic nitrogens is 6. The highest BCUT2D eigenvalue weighted by atomic mass is 79.9. The molecule has 0 aliphatic rings. The normalized spacial score (nSPS) is 10.4. The van der Waals surface area contributed by atoms with Crippen molar-refractivity contribution in [2.45, 2.75) is 10.2 Å². The number of hydrogen-bond donors (Lipinski definition) is 1. The van der Waals surface area contributed by atoms with Gasteiger partial charge in [0.25, 0.3) is 0 Å². The summed E-state index contributed by atoms with van der Waals surface area (Å²) in [6.45, 7) is 0. The van der Waals surface area contributed by atoms with Gasteiger partial charge in [0.1, 0.15) is 5.03 Å². The fraction of sp³-hybridized carbons (Fsp3) is 0.286. The maximum absolute atomic E-state index is 4.29. The van der Waals surface area contributed by atoms with Gasteiger partial charge in [0, 0.05) is 20.3 Å². The van der Waals surface area contributed by atoms with E-state index in [9.17, 15) is 0 Å². The molecule has 0 radical (unpaired) electrons. The van der Waals surface area contributed by atoms with E-state index in [1.165, 1.54) is 11.8 Å². The molecule has 0 saturated heterocycles. The molecule has 2 rings (SSSR count). The molecule has 0 spiro atoms. The number of nitrogens with one attached hydrogen (secondary N) is 1. The van der Waals surface area contributed by atoms with Crippen molar-refractivity contribution in [2.75, 3.05) is 12.4 Å². The van der Waals surface area contributed by atoms with Crippen LogP contribution < -0.4 is 5.32 Å². The second-order valence-electron chi connectivity index (χ2n) is 2.78. The Labute approximate surface area is 104 Å². The molecule has 0 saturated carbocycles. The van der Waals surface area contributed by atoms with Gasteiger partial charge in [-0.1, -0.05) is 0 Å². The van der Waals surface area contributed by atoms with Gasteiger partial charge < -0.3 is 5.32 Å². The zero-order valence-electron chi connectivity index (χ0n) is 8.55. The topological polar surface area (TPSA) is 81.4 Å². The van der Waals surface area contributed by atoms with E-state index in [2.05, 4.69) is 46.7 Å². The van der Waals surface area contributed by atoms with Crippen molar-refractivity contribution in [3.05, 3.63) is 10.7 Å². The van der Waals surface area contributed by atoms with Crippen molar-refractivity contribution in [3.8, 4) is 0 Å². The van der Waals surface area contributed by atoms with Crippen LogP contribution in [0.15, 0.2) is 20.9 Å². The maximum atomic E-state index is 4.29. The fourth-order valence-corrected chi connectivity index (χ4v) is 2.07. The average Bonchev–Trinajstić information content (AvgIpc) is 2.68. The van der Waals surface area contributed by atoms with E-state index in [-0.39, 0.29) is 0 Å². The molecule has 0 aliphatic heterocycles. The largest absolute Gasteiger partial charge is 0.357 e. The number of nitrogens with zero attached hydrogens (tertiary/aromatic N) is 6. The summed E-state index contributed by atoms with van der Waals surface area (Å²) in [4.78, 5) is 8.36. The molecule has 84 valence electrons. The molecule has 2 aromatic rings. The monoisotopic (exact) mass is 301 g/mol. The minimum absolute atomic E-state index is 0.556. The Hall–Kier alpha value is -1.22. The van der Waals surface area contributed by atoms with Gasteiger partial charge in [-0.05, 0) is 38.1 Å². The first-order valence-corrected chi connectivity index (χ1v) is 5.92. The Morgan fingerprint density at radius 3 is 2.94 bits per heavy atom. The second kappa shape index (κ2) is 4.74. The first kappa shape index (κ1) is 11.3. The van der Waals surface area contributed by atoms with E-state index in [1.807, 2.05) is 0 Å². The molecule has 0 bridgehead atoms. The Bertz CT molecular complexity index is 499. The van der Waals surface area contributed by atoms with Crippen LogP contribution in [0.5, 0.6) is 0 Å². The van der Waals surface area contributed by atoms with Gasteiger partial charge >= 0.3 is 0 Å². The van der Waals surface area contributed by atoms with Crippen LogP contribution >= 0.6 is 27.7 Å². The summed E-state index contributed by atoms with van der Waals surface area (Å²) in [5.74, 6) is 0.556. The molecule has 16 heavy (non-hydrogen) atoms. The zero-order chi connectivity index (χ0) is 11.5. The van der Waals surface area contributed by atoms with E-state index in [0.29, 0.717) is 11.1 Å². The molecule has 9 heteroatoms. The van der Waals surface area contributed by atoms with Crippen molar-refractivity contribution >= 4 is 33.6 Å². The van der Waals surface area contributed by atoms with Crippen LogP contribution in [0.1, 0.15) is 0 Å². The third-order valence-electron chi connectivity index (χ3n) is 1.70.